The largest absolute Gasteiger partial charge is 0.469 e. The monoisotopic (exact) mass is 597 g/mol. The SMILES string of the molecule is COC(=O)CCc1ccc(NCc2ccc(Cn3nc(-c4ccc(C(F)(F)F)cc4)cc3CCc3ccccc3)cc2)cc1. The Morgan fingerprint density at radius 1 is 0.773 bits per heavy atom. The van der Waals surface area contributed by atoms with E-state index >= 15 is 0 Å². The Morgan fingerprint density at radius 2 is 1.41 bits per heavy atom. The summed E-state index contributed by atoms with van der Waals surface area (Å²) in [6.07, 6.45) is -1.79. The molecule has 5 rings (SSSR count). The van der Waals surface area contributed by atoms with Gasteiger partial charge in [-0.05, 0) is 71.8 Å². The molecule has 5 nitrogen and oxygen atoms in total. The molecule has 0 bridgehead atoms. The molecule has 5 aromatic rings. The van der Waals surface area contributed by atoms with Crippen LogP contribution in [0.15, 0.2) is 109 Å². The van der Waals surface area contributed by atoms with Crippen LogP contribution in [0.1, 0.15) is 39.9 Å². The number of hydrogen-bond donors (Lipinski definition) is 1. The lowest BCUT2D eigenvalue weighted by molar-refractivity contribution is -0.140. The van der Waals surface area contributed by atoms with E-state index < -0.39 is 11.7 Å². The molecule has 0 unspecified atom stereocenters. The van der Waals surface area contributed by atoms with E-state index in [0.29, 0.717) is 37.2 Å². The fourth-order valence-corrected chi connectivity index (χ4v) is 4.96. The Hall–Kier alpha value is -4.85. The summed E-state index contributed by atoms with van der Waals surface area (Å²) in [5, 5.41) is 8.24. The van der Waals surface area contributed by atoms with Gasteiger partial charge >= 0.3 is 12.1 Å². The van der Waals surface area contributed by atoms with E-state index in [1.807, 2.05) is 53.2 Å². The number of hydrogen-bond acceptors (Lipinski definition) is 4. The smallest absolute Gasteiger partial charge is 0.416 e. The molecule has 1 heterocycles. The van der Waals surface area contributed by atoms with Crippen LogP contribution in [-0.4, -0.2) is 22.9 Å². The first kappa shape index (κ1) is 30.6. The van der Waals surface area contributed by atoms with Crippen molar-refractivity contribution < 1.29 is 22.7 Å². The summed E-state index contributed by atoms with van der Waals surface area (Å²) >= 11 is 0. The highest BCUT2D eigenvalue weighted by molar-refractivity contribution is 5.69. The average molecular weight is 598 g/mol. The Balaban J connectivity index is 1.25. The molecule has 44 heavy (non-hydrogen) atoms. The topological polar surface area (TPSA) is 56.1 Å². The van der Waals surface area contributed by atoms with Crippen LogP contribution in [0.3, 0.4) is 0 Å². The maximum absolute atomic E-state index is 13.1. The van der Waals surface area contributed by atoms with Gasteiger partial charge in [0.05, 0.1) is 24.9 Å². The van der Waals surface area contributed by atoms with E-state index in [1.165, 1.54) is 24.8 Å². The second kappa shape index (κ2) is 14.1. The van der Waals surface area contributed by atoms with Crippen LogP contribution in [-0.2, 0) is 48.1 Å². The number of halogens is 3. The third-order valence-electron chi connectivity index (χ3n) is 7.54. The highest BCUT2D eigenvalue weighted by Crippen LogP contribution is 2.31. The quantitative estimate of drug-likeness (QED) is 0.148. The Morgan fingerprint density at radius 3 is 2.07 bits per heavy atom. The number of anilines is 1. The van der Waals surface area contributed by atoms with Gasteiger partial charge < -0.3 is 10.1 Å². The molecule has 1 aromatic heterocycles. The molecule has 0 atom stereocenters. The van der Waals surface area contributed by atoms with Crippen molar-refractivity contribution in [3.8, 4) is 11.3 Å². The van der Waals surface area contributed by atoms with Crippen molar-refractivity contribution in [2.75, 3.05) is 12.4 Å². The molecule has 0 saturated carbocycles. The summed E-state index contributed by atoms with van der Waals surface area (Å²) in [6.45, 7) is 1.20. The van der Waals surface area contributed by atoms with Crippen LogP contribution < -0.4 is 5.32 Å². The Kier molecular flexibility index (Phi) is 9.79. The molecule has 0 spiro atoms. The zero-order chi connectivity index (χ0) is 30.9. The molecule has 4 aromatic carbocycles. The number of nitrogens with zero attached hydrogens (tertiary/aromatic N) is 2. The predicted octanol–water partition coefficient (Wildman–Crippen LogP) is 8.12. The molecule has 0 aliphatic carbocycles. The summed E-state index contributed by atoms with van der Waals surface area (Å²) in [4.78, 5) is 11.4. The normalized spacial score (nSPS) is 11.4. The zero-order valence-corrected chi connectivity index (χ0v) is 24.5. The molecule has 0 fully saturated rings. The van der Waals surface area contributed by atoms with Gasteiger partial charge in [-0.25, -0.2) is 0 Å². The van der Waals surface area contributed by atoms with Gasteiger partial charge in [-0.2, -0.15) is 18.3 Å². The van der Waals surface area contributed by atoms with Gasteiger partial charge in [0.25, 0.3) is 0 Å². The number of carbonyl (C=O) groups is 1. The number of ether oxygens (including phenoxy) is 1. The van der Waals surface area contributed by atoms with Crippen molar-refractivity contribution in [1.82, 2.24) is 9.78 Å². The molecule has 0 aliphatic heterocycles. The number of esters is 1. The van der Waals surface area contributed by atoms with Crippen LogP contribution in [0.2, 0.25) is 0 Å². The second-order valence-electron chi connectivity index (χ2n) is 10.7. The molecule has 0 radical (unpaired) electrons. The maximum atomic E-state index is 13.1. The second-order valence-corrected chi connectivity index (χ2v) is 10.7. The number of nitrogens with one attached hydrogen (secondary N) is 1. The minimum Gasteiger partial charge on any atom is -0.469 e. The number of rotatable bonds is 12. The lowest BCUT2D eigenvalue weighted by atomic mass is 10.1. The van der Waals surface area contributed by atoms with Crippen molar-refractivity contribution in [3.05, 3.63) is 143 Å². The van der Waals surface area contributed by atoms with Gasteiger partial charge in [-0.3, -0.25) is 9.48 Å². The lowest BCUT2D eigenvalue weighted by Crippen LogP contribution is -2.08. The van der Waals surface area contributed by atoms with Gasteiger partial charge in [0.1, 0.15) is 0 Å². The average Bonchev–Trinajstić information content (AvgIpc) is 3.45. The van der Waals surface area contributed by atoms with Gasteiger partial charge in [-0.15, -0.1) is 0 Å². The number of benzene rings is 4. The standard InChI is InChI=1S/C36H34F3N3O2/c1-44-35(43)22-14-27-11-19-32(20-12-27)40-24-28-7-9-29(10-8-28)25-42-33(21-13-26-5-3-2-4-6-26)23-34(41-42)30-15-17-31(18-16-30)36(37,38)39/h2-12,15-20,23,40H,13-14,21-22,24-25H2,1H3. The van der Waals surface area contributed by atoms with Crippen molar-refractivity contribution in [2.24, 2.45) is 0 Å². The summed E-state index contributed by atoms with van der Waals surface area (Å²) in [7, 11) is 1.40. The minimum atomic E-state index is -4.38. The summed E-state index contributed by atoms with van der Waals surface area (Å²) in [5.41, 5.74) is 7.13. The number of aryl methyl sites for hydroxylation is 3. The van der Waals surface area contributed by atoms with E-state index in [1.54, 1.807) is 0 Å². The van der Waals surface area contributed by atoms with Gasteiger partial charge in [0, 0.05) is 29.9 Å². The van der Waals surface area contributed by atoms with Crippen LogP contribution >= 0.6 is 0 Å². The highest BCUT2D eigenvalue weighted by atomic mass is 19.4. The molecular formula is C36H34F3N3O2. The van der Waals surface area contributed by atoms with Crippen LogP contribution in [0, 0.1) is 0 Å². The first-order valence-corrected chi connectivity index (χ1v) is 14.5. The van der Waals surface area contributed by atoms with E-state index in [-0.39, 0.29) is 5.97 Å². The minimum absolute atomic E-state index is 0.216. The summed E-state index contributed by atoms with van der Waals surface area (Å²) in [5.74, 6) is -0.216. The maximum Gasteiger partial charge on any atom is 0.416 e. The molecule has 8 heteroatoms. The van der Waals surface area contributed by atoms with Crippen LogP contribution in [0.25, 0.3) is 11.3 Å². The zero-order valence-electron chi connectivity index (χ0n) is 24.5. The van der Waals surface area contributed by atoms with E-state index in [4.69, 9.17) is 9.84 Å². The van der Waals surface area contributed by atoms with Crippen LogP contribution in [0.5, 0.6) is 0 Å². The number of carbonyl (C=O) groups excluding carboxylic acids is 1. The number of aromatic nitrogens is 2. The summed E-state index contributed by atoms with van der Waals surface area (Å²) in [6, 6.07) is 33.7. The first-order chi connectivity index (χ1) is 21.3. The Labute approximate surface area is 255 Å². The number of alkyl halides is 3. The molecule has 0 aliphatic rings. The third-order valence-corrected chi connectivity index (χ3v) is 7.54. The van der Waals surface area contributed by atoms with Gasteiger partial charge in [-0.1, -0.05) is 78.9 Å². The number of methoxy groups -OCH3 is 1. The van der Waals surface area contributed by atoms with E-state index in [2.05, 4.69) is 41.7 Å². The fraction of sp³-hybridized carbons (Fsp3) is 0.222. The van der Waals surface area contributed by atoms with Gasteiger partial charge in [0.2, 0.25) is 0 Å². The summed E-state index contributed by atoms with van der Waals surface area (Å²) < 4.78 is 45.9. The lowest BCUT2D eigenvalue weighted by Gasteiger charge is -2.10. The molecule has 1 N–H and O–H groups in total. The predicted molar refractivity (Wildman–Crippen MR) is 166 cm³/mol. The highest BCUT2D eigenvalue weighted by Gasteiger charge is 2.30. The van der Waals surface area contributed by atoms with Crippen molar-refractivity contribution in [2.45, 2.75) is 44.9 Å². The third kappa shape index (κ3) is 8.37. The van der Waals surface area contributed by atoms with Crippen molar-refractivity contribution >= 4 is 11.7 Å². The van der Waals surface area contributed by atoms with E-state index in [0.717, 1.165) is 53.0 Å². The van der Waals surface area contributed by atoms with Gasteiger partial charge in [0.15, 0.2) is 0 Å². The molecule has 0 amide bonds. The van der Waals surface area contributed by atoms with Crippen LogP contribution in [0.4, 0.5) is 18.9 Å². The molecule has 226 valence electrons. The Bertz CT molecular complexity index is 1640. The molecule has 0 saturated heterocycles. The molecular weight excluding hydrogens is 563 g/mol. The van der Waals surface area contributed by atoms with Crippen molar-refractivity contribution in [3.63, 3.8) is 0 Å². The van der Waals surface area contributed by atoms with E-state index in [9.17, 15) is 18.0 Å². The van der Waals surface area contributed by atoms with Crippen molar-refractivity contribution in [1.29, 1.82) is 0 Å². The fourth-order valence-electron chi connectivity index (χ4n) is 4.96. The first-order valence-electron chi connectivity index (χ1n) is 14.5.